The Morgan fingerprint density at radius 1 is 0.833 bits per heavy atom. The summed E-state index contributed by atoms with van der Waals surface area (Å²) in [5.74, 6) is 0.514. The van der Waals surface area contributed by atoms with Crippen LogP contribution in [-0.2, 0) is 9.63 Å². The number of rotatable bonds is 22. The minimum Gasteiger partial charge on any atom is -0.353 e. The second-order valence-electron chi connectivity index (χ2n) is 13.9. The Morgan fingerprint density at radius 2 is 1.33 bits per heavy atom. The number of nitrogens with zero attached hydrogens (tertiary/aromatic N) is 1. The van der Waals surface area contributed by atoms with Crippen LogP contribution >= 0.6 is 0 Å². The van der Waals surface area contributed by atoms with E-state index in [0.717, 1.165) is 25.7 Å². The molecule has 0 radical (unpaired) electrons. The van der Waals surface area contributed by atoms with Gasteiger partial charge in [-0.25, -0.2) is 0 Å². The van der Waals surface area contributed by atoms with Crippen molar-refractivity contribution in [1.29, 1.82) is 0 Å². The van der Waals surface area contributed by atoms with Gasteiger partial charge in [-0.3, -0.25) is 9.63 Å². The SMILES string of the molecule is CCCCCCCCCCCCCCCCCC(=O)NC1CC(C)(CC)N(OC(C)c2ccccc2)C(C)(CC)C1C. The van der Waals surface area contributed by atoms with Crippen LogP contribution in [0, 0.1) is 5.92 Å². The second kappa shape index (κ2) is 19.8. The molecule has 1 aromatic rings. The van der Waals surface area contributed by atoms with Crippen molar-refractivity contribution < 1.29 is 9.63 Å². The van der Waals surface area contributed by atoms with Gasteiger partial charge in [0.25, 0.3) is 0 Å². The van der Waals surface area contributed by atoms with E-state index in [9.17, 15) is 4.79 Å². The molecule has 1 aliphatic heterocycles. The summed E-state index contributed by atoms with van der Waals surface area (Å²) in [6, 6.07) is 10.7. The number of hydroxylamine groups is 2. The van der Waals surface area contributed by atoms with Crippen LogP contribution in [0.4, 0.5) is 0 Å². The zero-order valence-electron chi connectivity index (χ0n) is 28.8. The van der Waals surface area contributed by atoms with E-state index in [1.165, 1.54) is 95.5 Å². The molecule has 242 valence electrons. The largest absolute Gasteiger partial charge is 0.353 e. The standard InChI is InChI=1S/C38H68N2O2/c1-8-11-12-13-14-15-16-17-18-19-20-21-22-23-27-30-36(41)39-35-31-37(6,9-2)40(38(7,10-3)32(35)4)42-33(5)34-28-25-24-26-29-34/h24-26,28-29,32-33,35H,8-23,27,30-31H2,1-7H3,(H,39,41). The number of carbonyl (C=O) groups excluding carboxylic acids is 1. The fourth-order valence-corrected chi connectivity index (χ4v) is 7.02. The molecule has 2 rings (SSSR count). The normalized spacial score (nSPS) is 25.4. The molecule has 1 aromatic carbocycles. The van der Waals surface area contributed by atoms with Crippen LogP contribution < -0.4 is 5.32 Å². The monoisotopic (exact) mass is 585 g/mol. The molecule has 4 nitrogen and oxygen atoms in total. The van der Waals surface area contributed by atoms with Crippen LogP contribution in [0.15, 0.2) is 30.3 Å². The highest BCUT2D eigenvalue weighted by Crippen LogP contribution is 2.47. The van der Waals surface area contributed by atoms with Gasteiger partial charge in [0.1, 0.15) is 6.10 Å². The predicted octanol–water partition coefficient (Wildman–Crippen LogP) is 11.1. The first-order chi connectivity index (χ1) is 20.2. The van der Waals surface area contributed by atoms with Gasteiger partial charge in [-0.1, -0.05) is 148 Å². The summed E-state index contributed by atoms with van der Waals surface area (Å²) >= 11 is 0. The van der Waals surface area contributed by atoms with Crippen LogP contribution in [0.5, 0.6) is 0 Å². The van der Waals surface area contributed by atoms with Crippen molar-refractivity contribution in [1.82, 2.24) is 10.4 Å². The lowest BCUT2D eigenvalue weighted by Crippen LogP contribution is -2.70. The summed E-state index contributed by atoms with van der Waals surface area (Å²) in [6.45, 7) is 15.9. The molecule has 0 aromatic heterocycles. The first kappa shape index (κ1) is 36.8. The Morgan fingerprint density at radius 3 is 1.81 bits per heavy atom. The Labute approximate surface area is 261 Å². The van der Waals surface area contributed by atoms with Crippen LogP contribution in [0.3, 0.4) is 0 Å². The third kappa shape index (κ3) is 11.6. The van der Waals surface area contributed by atoms with Gasteiger partial charge in [-0.15, -0.1) is 0 Å². The molecule has 0 aliphatic carbocycles. The molecule has 42 heavy (non-hydrogen) atoms. The summed E-state index contributed by atoms with van der Waals surface area (Å²) in [4.78, 5) is 19.9. The number of amides is 1. The van der Waals surface area contributed by atoms with Gasteiger partial charge in [0.05, 0.1) is 0 Å². The molecular formula is C38H68N2O2. The predicted molar refractivity (Wildman–Crippen MR) is 180 cm³/mol. The topological polar surface area (TPSA) is 41.6 Å². The summed E-state index contributed by atoms with van der Waals surface area (Å²) < 4.78 is 0. The van der Waals surface area contributed by atoms with Crippen molar-refractivity contribution in [2.45, 2.75) is 194 Å². The second-order valence-corrected chi connectivity index (χ2v) is 13.9. The molecule has 1 saturated heterocycles. The van der Waals surface area contributed by atoms with Crippen molar-refractivity contribution in [3.8, 4) is 0 Å². The molecule has 1 N–H and O–H groups in total. The van der Waals surface area contributed by atoms with E-state index < -0.39 is 0 Å². The van der Waals surface area contributed by atoms with E-state index in [2.05, 4.69) is 89.2 Å². The third-order valence-electron chi connectivity index (χ3n) is 10.6. The van der Waals surface area contributed by atoms with Crippen LogP contribution in [0.1, 0.15) is 182 Å². The van der Waals surface area contributed by atoms with E-state index >= 15 is 0 Å². The molecule has 4 heteroatoms. The van der Waals surface area contributed by atoms with Gasteiger partial charge >= 0.3 is 0 Å². The van der Waals surface area contributed by atoms with Gasteiger partial charge < -0.3 is 5.32 Å². The highest BCUT2D eigenvalue weighted by molar-refractivity contribution is 5.76. The van der Waals surface area contributed by atoms with E-state index in [-0.39, 0.29) is 35.0 Å². The number of hydrogen-bond donors (Lipinski definition) is 1. The lowest BCUT2D eigenvalue weighted by molar-refractivity contribution is -0.327. The molecular weight excluding hydrogens is 516 g/mol. The summed E-state index contributed by atoms with van der Waals surface area (Å²) in [5, 5.41) is 5.80. The Balaban J connectivity index is 1.71. The highest BCUT2D eigenvalue weighted by atomic mass is 16.7. The average molecular weight is 585 g/mol. The maximum absolute atomic E-state index is 13.1. The lowest BCUT2D eigenvalue weighted by Gasteiger charge is -2.60. The lowest BCUT2D eigenvalue weighted by atomic mass is 9.68. The quantitative estimate of drug-likeness (QED) is 0.138. The molecule has 1 amide bonds. The minimum atomic E-state index is -0.168. The Hall–Kier alpha value is -1.39. The van der Waals surface area contributed by atoms with E-state index in [1.54, 1.807) is 0 Å². The molecule has 5 atom stereocenters. The van der Waals surface area contributed by atoms with Crippen LogP contribution in [0.25, 0.3) is 0 Å². The maximum Gasteiger partial charge on any atom is 0.220 e. The van der Waals surface area contributed by atoms with Crippen molar-refractivity contribution >= 4 is 5.91 Å². The fourth-order valence-electron chi connectivity index (χ4n) is 7.02. The summed E-state index contributed by atoms with van der Waals surface area (Å²) in [6.07, 6.45) is 23.7. The van der Waals surface area contributed by atoms with E-state index in [4.69, 9.17) is 4.84 Å². The molecule has 5 unspecified atom stereocenters. The van der Waals surface area contributed by atoms with Gasteiger partial charge in [-0.2, -0.15) is 5.06 Å². The molecule has 1 aliphatic rings. The average Bonchev–Trinajstić information content (AvgIpc) is 3.00. The van der Waals surface area contributed by atoms with Gasteiger partial charge in [0.2, 0.25) is 5.91 Å². The number of nitrogens with one attached hydrogen (secondary N) is 1. The van der Waals surface area contributed by atoms with Gasteiger partial charge in [0.15, 0.2) is 0 Å². The number of benzene rings is 1. The smallest absolute Gasteiger partial charge is 0.220 e. The first-order valence-corrected chi connectivity index (χ1v) is 18.0. The van der Waals surface area contributed by atoms with Crippen molar-refractivity contribution in [3.05, 3.63) is 35.9 Å². The minimum absolute atomic E-state index is 0.0219. The number of hydrogen-bond acceptors (Lipinski definition) is 3. The maximum atomic E-state index is 13.1. The number of carbonyl (C=O) groups is 1. The van der Waals surface area contributed by atoms with Crippen LogP contribution in [-0.4, -0.2) is 28.1 Å². The molecule has 1 fully saturated rings. The molecule has 1 heterocycles. The number of piperidine rings is 1. The Bertz CT molecular complexity index is 845. The first-order valence-electron chi connectivity index (χ1n) is 18.0. The third-order valence-corrected chi connectivity index (χ3v) is 10.6. The van der Waals surface area contributed by atoms with E-state index in [1.807, 2.05) is 0 Å². The van der Waals surface area contributed by atoms with Gasteiger partial charge in [0, 0.05) is 23.5 Å². The molecule has 0 saturated carbocycles. The zero-order valence-corrected chi connectivity index (χ0v) is 28.8. The van der Waals surface area contributed by atoms with Crippen molar-refractivity contribution in [3.63, 3.8) is 0 Å². The van der Waals surface area contributed by atoms with Crippen LogP contribution in [0.2, 0.25) is 0 Å². The highest BCUT2D eigenvalue weighted by Gasteiger charge is 2.54. The molecule has 0 spiro atoms. The summed E-state index contributed by atoms with van der Waals surface area (Å²) in [7, 11) is 0. The van der Waals surface area contributed by atoms with Gasteiger partial charge in [-0.05, 0) is 57.9 Å². The van der Waals surface area contributed by atoms with Crippen molar-refractivity contribution in [2.75, 3.05) is 0 Å². The fraction of sp³-hybridized carbons (Fsp3) is 0.816. The number of unbranched alkanes of at least 4 members (excludes halogenated alkanes) is 14. The van der Waals surface area contributed by atoms with E-state index in [0.29, 0.717) is 6.42 Å². The van der Waals surface area contributed by atoms with Crippen molar-refractivity contribution in [2.24, 2.45) is 5.92 Å². The molecule has 0 bridgehead atoms. The summed E-state index contributed by atoms with van der Waals surface area (Å²) in [5.41, 5.74) is 0.881. The zero-order chi connectivity index (χ0) is 30.8. The Kier molecular flexibility index (Phi) is 17.3.